The molecular formula is C42H60O12. The lowest BCUT2D eigenvalue weighted by atomic mass is 9.81. The van der Waals surface area contributed by atoms with E-state index in [2.05, 4.69) is 20.1 Å². The van der Waals surface area contributed by atoms with Crippen LogP contribution in [0.15, 0.2) is 24.3 Å². The molecule has 11 saturated heterocycles. The van der Waals surface area contributed by atoms with Gasteiger partial charge in [-0.05, 0) is 62.0 Å². The van der Waals surface area contributed by atoms with Gasteiger partial charge in [-0.2, -0.15) is 0 Å². The topological polar surface area (TPSA) is 119 Å². The number of ketones is 1. The molecule has 54 heavy (non-hydrogen) atoms. The third kappa shape index (κ3) is 6.80. The van der Waals surface area contributed by atoms with Gasteiger partial charge < -0.3 is 52.1 Å². The van der Waals surface area contributed by atoms with E-state index < -0.39 is 5.79 Å². The number of fused-ring (bicyclic) bond motifs is 6. The summed E-state index contributed by atoms with van der Waals surface area (Å²) in [7, 11) is 1.73. The van der Waals surface area contributed by atoms with E-state index in [-0.39, 0.29) is 109 Å². The maximum absolute atomic E-state index is 14.2. The first-order valence-corrected chi connectivity index (χ1v) is 21.1. The highest BCUT2D eigenvalue weighted by Crippen LogP contribution is 2.54. The smallest absolute Gasteiger partial charge is 0.172 e. The lowest BCUT2D eigenvalue weighted by Crippen LogP contribution is -2.61. The summed E-state index contributed by atoms with van der Waals surface area (Å²) in [5, 5.41) is 0. The number of ether oxygens (including phenoxy) is 11. The van der Waals surface area contributed by atoms with Crippen LogP contribution in [-0.4, -0.2) is 136 Å². The van der Waals surface area contributed by atoms with Crippen molar-refractivity contribution in [2.75, 3.05) is 26.9 Å². The molecule has 0 aliphatic carbocycles. The Labute approximate surface area is 319 Å². The zero-order valence-electron chi connectivity index (χ0n) is 32.0. The number of carbonyl (C=O) groups is 1. The first kappa shape index (κ1) is 37.0. The summed E-state index contributed by atoms with van der Waals surface area (Å²) in [6.45, 7) is 12.9. The Bertz CT molecular complexity index is 1430. The van der Waals surface area contributed by atoms with E-state index in [1.54, 1.807) is 7.11 Å². The van der Waals surface area contributed by atoms with Crippen LogP contribution in [-0.2, 0) is 56.9 Å². The Morgan fingerprint density at radius 2 is 1.54 bits per heavy atom. The number of Topliss-reactive ketones (excluding diaryl/α,β-unsaturated/α-hetero) is 1. The SMILES string of the molecule is C=C1C[C@@H]2CC[C@@]34C[C@H]5O[C@H]6[C@@H](O3)[C@H]3O[C@H](CC[C@@H]3O[C@H]6[C@H]5O4)CC(=O)C[C@@H]3[C@@H](OC)[C@@H](C[C@H]4COCCO4)O[C@H]3C[C@H]3O[C@@H](CC[C@@H]1O2)C[C@@H](C)C3=C. The lowest BCUT2D eigenvalue weighted by Gasteiger charge is -2.47. The third-order valence-corrected chi connectivity index (χ3v) is 14.6. The molecule has 0 unspecified atom stereocenters. The molecule has 12 bridgehead atoms. The fourth-order valence-electron chi connectivity index (χ4n) is 11.8. The van der Waals surface area contributed by atoms with E-state index in [0.29, 0.717) is 64.3 Å². The van der Waals surface area contributed by atoms with E-state index in [1.807, 2.05) is 0 Å². The van der Waals surface area contributed by atoms with Crippen LogP contribution in [0, 0.1) is 11.8 Å². The molecule has 19 atom stereocenters. The Morgan fingerprint density at radius 1 is 0.741 bits per heavy atom. The maximum Gasteiger partial charge on any atom is 0.172 e. The molecule has 12 heteroatoms. The minimum Gasteiger partial charge on any atom is -0.378 e. The monoisotopic (exact) mass is 756 g/mol. The van der Waals surface area contributed by atoms with Crippen LogP contribution in [0.2, 0.25) is 0 Å². The maximum atomic E-state index is 14.2. The molecule has 1 spiro atoms. The van der Waals surface area contributed by atoms with Gasteiger partial charge >= 0.3 is 0 Å². The second kappa shape index (κ2) is 14.8. The molecule has 12 nitrogen and oxygen atoms in total. The summed E-state index contributed by atoms with van der Waals surface area (Å²) < 4.78 is 72.4. The number of hydrogen-bond acceptors (Lipinski definition) is 12. The average molecular weight is 757 g/mol. The quantitative estimate of drug-likeness (QED) is 0.377. The molecule has 0 N–H and O–H groups in total. The molecule has 11 heterocycles. The summed E-state index contributed by atoms with van der Waals surface area (Å²) >= 11 is 0. The van der Waals surface area contributed by atoms with Gasteiger partial charge in [-0.1, -0.05) is 20.1 Å². The fraction of sp³-hybridized carbons (Fsp3) is 0.881. The van der Waals surface area contributed by atoms with Crippen LogP contribution >= 0.6 is 0 Å². The molecule has 11 aliphatic heterocycles. The van der Waals surface area contributed by atoms with E-state index >= 15 is 0 Å². The highest BCUT2D eigenvalue weighted by Gasteiger charge is 2.68. The van der Waals surface area contributed by atoms with Gasteiger partial charge in [0.05, 0.1) is 87.0 Å². The highest BCUT2D eigenvalue weighted by molar-refractivity contribution is 5.79. The third-order valence-electron chi connectivity index (χ3n) is 14.6. The minimum atomic E-state index is -0.769. The Kier molecular flexibility index (Phi) is 10.2. The molecule has 300 valence electrons. The van der Waals surface area contributed by atoms with E-state index in [9.17, 15) is 4.79 Å². The summed E-state index contributed by atoms with van der Waals surface area (Å²) in [5.74, 6) is -0.459. The van der Waals surface area contributed by atoms with Crippen molar-refractivity contribution in [1.82, 2.24) is 0 Å². The fourth-order valence-corrected chi connectivity index (χ4v) is 11.8. The van der Waals surface area contributed by atoms with Gasteiger partial charge in [0, 0.05) is 51.6 Å². The largest absolute Gasteiger partial charge is 0.378 e. The van der Waals surface area contributed by atoms with Crippen LogP contribution in [0.5, 0.6) is 0 Å². The van der Waals surface area contributed by atoms with Crippen molar-refractivity contribution in [1.29, 1.82) is 0 Å². The molecule has 0 aromatic rings. The first-order chi connectivity index (χ1) is 26.2. The Hall–Kier alpha value is -1.29. The van der Waals surface area contributed by atoms with Crippen molar-refractivity contribution < 1.29 is 56.9 Å². The van der Waals surface area contributed by atoms with Gasteiger partial charge in [-0.25, -0.2) is 0 Å². The highest BCUT2D eigenvalue weighted by atomic mass is 16.8. The summed E-state index contributed by atoms with van der Waals surface area (Å²) in [6.07, 6.45) is 6.69. The molecule has 0 amide bonds. The van der Waals surface area contributed by atoms with Gasteiger partial charge in [-0.15, -0.1) is 0 Å². The van der Waals surface area contributed by atoms with Crippen LogP contribution < -0.4 is 0 Å². The summed E-state index contributed by atoms with van der Waals surface area (Å²) in [4.78, 5) is 14.2. The van der Waals surface area contributed by atoms with Crippen molar-refractivity contribution in [3.63, 3.8) is 0 Å². The standard InChI is InChI=1S/C42H60O12/c1-21-13-25-5-7-30-22(2)14-27(47-30)9-10-42-19-35-38(53-42)39-40(52-35)41(54-42)37-31(51-39)8-6-26(49-37)15-24(43)16-29-33(18-32(48-25)23(21)3)50-34(36(29)44-4)17-28-20-45-11-12-46-28/h21,25-41H,2-3,5-20H2,1,4H3/t21-,25+,26-,27+,28+,29+,30+,31+,32-,33+,34-,35-,36-,37+,38+,39+,40-,41+,42+/m1/s1. The van der Waals surface area contributed by atoms with Crippen LogP contribution in [0.4, 0.5) is 0 Å². The first-order valence-electron chi connectivity index (χ1n) is 21.1. The molecule has 0 radical (unpaired) electrons. The van der Waals surface area contributed by atoms with E-state index in [1.165, 1.54) is 0 Å². The van der Waals surface area contributed by atoms with Gasteiger partial charge in [-0.3, -0.25) is 4.79 Å². The van der Waals surface area contributed by atoms with E-state index in [0.717, 1.165) is 56.1 Å². The summed E-state index contributed by atoms with van der Waals surface area (Å²) in [6, 6.07) is 0. The second-order valence-corrected chi connectivity index (χ2v) is 18.1. The van der Waals surface area contributed by atoms with Gasteiger partial charge in [0.15, 0.2) is 5.79 Å². The normalized spacial score (nSPS) is 53.3. The Morgan fingerprint density at radius 3 is 2.39 bits per heavy atom. The lowest BCUT2D eigenvalue weighted by molar-refractivity contribution is -0.292. The second-order valence-electron chi connectivity index (χ2n) is 18.1. The van der Waals surface area contributed by atoms with Gasteiger partial charge in [0.1, 0.15) is 36.3 Å². The van der Waals surface area contributed by atoms with Gasteiger partial charge in [0.2, 0.25) is 0 Å². The van der Waals surface area contributed by atoms with Crippen molar-refractivity contribution in [2.45, 2.75) is 194 Å². The predicted octanol–water partition coefficient (Wildman–Crippen LogP) is 4.53. The van der Waals surface area contributed by atoms with Crippen molar-refractivity contribution in [2.24, 2.45) is 11.8 Å². The zero-order chi connectivity index (χ0) is 36.7. The number of hydrogen-bond donors (Lipinski definition) is 0. The van der Waals surface area contributed by atoms with Crippen molar-refractivity contribution in [3.05, 3.63) is 24.3 Å². The molecule has 0 aromatic carbocycles. The molecule has 11 fully saturated rings. The van der Waals surface area contributed by atoms with Crippen LogP contribution in [0.3, 0.4) is 0 Å². The van der Waals surface area contributed by atoms with Crippen LogP contribution in [0.1, 0.15) is 90.4 Å². The average Bonchev–Trinajstić information content (AvgIpc) is 3.83. The van der Waals surface area contributed by atoms with Gasteiger partial charge in [0.25, 0.3) is 0 Å². The molecule has 0 saturated carbocycles. The Balaban J connectivity index is 0.925. The van der Waals surface area contributed by atoms with E-state index in [4.69, 9.17) is 52.1 Å². The molecule has 11 aliphatic rings. The molecular weight excluding hydrogens is 696 g/mol. The number of carbonyl (C=O) groups excluding carboxylic acids is 1. The van der Waals surface area contributed by atoms with Crippen molar-refractivity contribution in [3.8, 4) is 0 Å². The number of rotatable bonds is 3. The minimum absolute atomic E-state index is 0.00000776. The van der Waals surface area contributed by atoms with Crippen LogP contribution in [0.25, 0.3) is 0 Å². The predicted molar refractivity (Wildman–Crippen MR) is 192 cm³/mol. The number of methoxy groups -OCH3 is 1. The zero-order valence-corrected chi connectivity index (χ0v) is 32.0. The molecule has 0 aromatic heterocycles. The summed E-state index contributed by atoms with van der Waals surface area (Å²) in [5.41, 5.74) is 2.25. The van der Waals surface area contributed by atoms with Crippen molar-refractivity contribution >= 4 is 5.78 Å². The molecule has 11 rings (SSSR count).